The molecule has 0 amide bonds. The lowest BCUT2D eigenvalue weighted by atomic mass is 10.2. The third kappa shape index (κ3) is 3.09. The molecule has 2 aromatic rings. The lowest BCUT2D eigenvalue weighted by Gasteiger charge is -1.98. The molecule has 1 heterocycles. The third-order valence-electron chi connectivity index (χ3n) is 2.68. The fraction of sp³-hybridized carbons (Fsp3) is 0.286. The first-order chi connectivity index (χ1) is 9.61. The van der Waals surface area contributed by atoms with E-state index in [1.807, 2.05) is 31.2 Å². The molecule has 1 aromatic carbocycles. The van der Waals surface area contributed by atoms with E-state index in [0.717, 1.165) is 5.56 Å². The number of H-pyrrole nitrogens is 1. The van der Waals surface area contributed by atoms with Gasteiger partial charge in [0.05, 0.1) is 18.0 Å². The van der Waals surface area contributed by atoms with Gasteiger partial charge in [0.25, 0.3) is 0 Å². The topological polar surface area (TPSA) is 79.7 Å². The predicted molar refractivity (Wildman–Crippen MR) is 74.6 cm³/mol. The van der Waals surface area contributed by atoms with E-state index in [2.05, 4.69) is 20.4 Å². The molecule has 0 aliphatic heterocycles. The summed E-state index contributed by atoms with van der Waals surface area (Å²) in [4.78, 5) is 11.7. The van der Waals surface area contributed by atoms with Gasteiger partial charge in [0.2, 0.25) is 0 Å². The number of benzene rings is 1. The Morgan fingerprint density at radius 3 is 2.60 bits per heavy atom. The summed E-state index contributed by atoms with van der Waals surface area (Å²) in [7, 11) is 0. The Morgan fingerprint density at radius 2 is 1.95 bits per heavy atom. The summed E-state index contributed by atoms with van der Waals surface area (Å²) < 4.78 is 4.93. The van der Waals surface area contributed by atoms with Crippen LogP contribution in [0.2, 0.25) is 0 Å². The van der Waals surface area contributed by atoms with E-state index >= 15 is 0 Å². The molecule has 6 nitrogen and oxygen atoms in total. The fourth-order valence-corrected chi connectivity index (χ4v) is 1.61. The van der Waals surface area contributed by atoms with Crippen molar-refractivity contribution in [2.45, 2.75) is 20.8 Å². The van der Waals surface area contributed by atoms with Crippen molar-refractivity contribution in [1.82, 2.24) is 10.2 Å². The van der Waals surface area contributed by atoms with Gasteiger partial charge in [-0.05, 0) is 32.9 Å². The molecular formula is C14H16N4O2. The van der Waals surface area contributed by atoms with Crippen molar-refractivity contribution < 1.29 is 9.53 Å². The second-order valence-electron chi connectivity index (χ2n) is 4.30. The molecule has 0 saturated carbocycles. The van der Waals surface area contributed by atoms with Gasteiger partial charge < -0.3 is 4.74 Å². The van der Waals surface area contributed by atoms with Crippen LogP contribution < -0.4 is 0 Å². The number of aromatic nitrogens is 2. The Kier molecular flexibility index (Phi) is 4.24. The van der Waals surface area contributed by atoms with Crippen LogP contribution in [0, 0.1) is 13.8 Å². The molecule has 0 spiro atoms. The first-order valence-corrected chi connectivity index (χ1v) is 6.32. The number of rotatable bonds is 4. The number of azo groups is 1. The molecule has 0 fully saturated rings. The standard InChI is InChI=1S/C14H16N4O2/c1-4-20-14(19)13-12(10(3)15-18-13)17-16-11-7-5-9(2)6-8-11/h5-8H,4H2,1-3H3,(H,15,18). The van der Waals surface area contributed by atoms with E-state index in [1.165, 1.54) is 0 Å². The summed E-state index contributed by atoms with van der Waals surface area (Å²) in [5.74, 6) is -0.505. The first kappa shape index (κ1) is 13.9. The van der Waals surface area contributed by atoms with Gasteiger partial charge in [-0.25, -0.2) is 4.79 Å². The molecule has 2 rings (SSSR count). The quantitative estimate of drug-likeness (QED) is 0.681. The monoisotopic (exact) mass is 272 g/mol. The maximum atomic E-state index is 11.7. The lowest BCUT2D eigenvalue weighted by molar-refractivity contribution is 0.0520. The maximum Gasteiger partial charge on any atom is 0.361 e. The van der Waals surface area contributed by atoms with Crippen LogP contribution in [0.3, 0.4) is 0 Å². The zero-order chi connectivity index (χ0) is 14.5. The van der Waals surface area contributed by atoms with Crippen molar-refractivity contribution in [2.24, 2.45) is 10.2 Å². The van der Waals surface area contributed by atoms with E-state index in [-0.39, 0.29) is 5.69 Å². The van der Waals surface area contributed by atoms with Crippen molar-refractivity contribution in [3.8, 4) is 0 Å². The number of nitrogens with one attached hydrogen (secondary N) is 1. The summed E-state index contributed by atoms with van der Waals surface area (Å²) in [5.41, 5.74) is 3.09. The highest BCUT2D eigenvalue weighted by Gasteiger charge is 2.18. The highest BCUT2D eigenvalue weighted by atomic mass is 16.5. The molecule has 0 bridgehead atoms. The number of aryl methyl sites for hydroxylation is 2. The van der Waals surface area contributed by atoms with Crippen LogP contribution in [0.4, 0.5) is 11.4 Å². The van der Waals surface area contributed by atoms with E-state index < -0.39 is 5.97 Å². The average Bonchev–Trinajstić information content (AvgIpc) is 2.80. The smallest absolute Gasteiger partial charge is 0.361 e. The molecular weight excluding hydrogens is 256 g/mol. The zero-order valence-corrected chi connectivity index (χ0v) is 11.7. The second-order valence-corrected chi connectivity index (χ2v) is 4.30. The summed E-state index contributed by atoms with van der Waals surface area (Å²) in [6.07, 6.45) is 0. The van der Waals surface area contributed by atoms with Gasteiger partial charge in [-0.3, -0.25) is 5.10 Å². The summed E-state index contributed by atoms with van der Waals surface area (Å²) in [6, 6.07) is 7.61. The Morgan fingerprint density at radius 1 is 1.25 bits per heavy atom. The summed E-state index contributed by atoms with van der Waals surface area (Å²) in [5, 5.41) is 14.8. The molecule has 1 N–H and O–H groups in total. The minimum Gasteiger partial charge on any atom is -0.461 e. The van der Waals surface area contributed by atoms with Crippen molar-refractivity contribution in [3.63, 3.8) is 0 Å². The van der Waals surface area contributed by atoms with E-state index in [1.54, 1.807) is 13.8 Å². The van der Waals surface area contributed by atoms with Crippen LogP contribution in [-0.2, 0) is 4.74 Å². The van der Waals surface area contributed by atoms with Crippen LogP contribution in [0.25, 0.3) is 0 Å². The molecule has 0 aliphatic rings. The normalized spacial score (nSPS) is 10.9. The number of esters is 1. The Bertz CT molecular complexity index is 629. The van der Waals surface area contributed by atoms with Gasteiger partial charge in [-0.15, -0.1) is 5.11 Å². The number of carbonyl (C=O) groups excluding carboxylic acids is 1. The highest BCUT2D eigenvalue weighted by Crippen LogP contribution is 2.25. The molecule has 0 unspecified atom stereocenters. The Labute approximate surface area is 116 Å². The summed E-state index contributed by atoms with van der Waals surface area (Å²) >= 11 is 0. The third-order valence-corrected chi connectivity index (χ3v) is 2.68. The molecule has 1 aromatic heterocycles. The van der Waals surface area contributed by atoms with Crippen molar-refractivity contribution in [1.29, 1.82) is 0 Å². The minimum atomic E-state index is -0.505. The molecule has 0 radical (unpaired) electrons. The molecule has 104 valence electrons. The first-order valence-electron chi connectivity index (χ1n) is 6.32. The van der Waals surface area contributed by atoms with Gasteiger partial charge >= 0.3 is 5.97 Å². The maximum absolute atomic E-state index is 11.7. The van der Waals surface area contributed by atoms with Gasteiger partial charge in [-0.1, -0.05) is 17.7 Å². The molecule has 0 atom stereocenters. The van der Waals surface area contributed by atoms with Crippen molar-refractivity contribution in [2.75, 3.05) is 6.61 Å². The second kappa shape index (κ2) is 6.10. The number of ether oxygens (including phenoxy) is 1. The van der Waals surface area contributed by atoms with Crippen LogP contribution in [0.15, 0.2) is 34.5 Å². The van der Waals surface area contributed by atoms with E-state index in [4.69, 9.17) is 4.74 Å². The number of hydrogen-bond acceptors (Lipinski definition) is 5. The average molecular weight is 272 g/mol. The van der Waals surface area contributed by atoms with Gasteiger partial charge in [0.1, 0.15) is 5.69 Å². The predicted octanol–water partition coefficient (Wildman–Crippen LogP) is 3.62. The molecule has 6 heteroatoms. The molecule has 20 heavy (non-hydrogen) atoms. The molecule has 0 saturated heterocycles. The number of nitrogens with zero attached hydrogens (tertiary/aromatic N) is 3. The van der Waals surface area contributed by atoms with E-state index in [0.29, 0.717) is 23.7 Å². The highest BCUT2D eigenvalue weighted by molar-refractivity contribution is 5.93. The Balaban J connectivity index is 2.26. The fourth-order valence-electron chi connectivity index (χ4n) is 1.61. The largest absolute Gasteiger partial charge is 0.461 e. The van der Waals surface area contributed by atoms with Crippen molar-refractivity contribution in [3.05, 3.63) is 41.2 Å². The van der Waals surface area contributed by atoms with Crippen LogP contribution >= 0.6 is 0 Å². The number of hydrogen-bond donors (Lipinski definition) is 1. The van der Waals surface area contributed by atoms with Gasteiger partial charge in [0.15, 0.2) is 5.69 Å². The summed E-state index contributed by atoms with van der Waals surface area (Å²) in [6.45, 7) is 5.81. The minimum absolute atomic E-state index is 0.153. The van der Waals surface area contributed by atoms with Crippen LogP contribution in [0.1, 0.15) is 28.7 Å². The SMILES string of the molecule is CCOC(=O)c1n[nH]c(C)c1N=Nc1ccc(C)cc1. The number of aromatic amines is 1. The zero-order valence-electron chi connectivity index (χ0n) is 11.7. The van der Waals surface area contributed by atoms with Crippen LogP contribution in [-0.4, -0.2) is 22.8 Å². The number of carbonyl (C=O) groups is 1. The van der Waals surface area contributed by atoms with E-state index in [9.17, 15) is 4.79 Å². The van der Waals surface area contributed by atoms with Crippen molar-refractivity contribution >= 4 is 17.3 Å². The van der Waals surface area contributed by atoms with Gasteiger partial charge in [-0.2, -0.15) is 10.2 Å². The van der Waals surface area contributed by atoms with Crippen LogP contribution in [0.5, 0.6) is 0 Å². The Hall–Kier alpha value is -2.50. The van der Waals surface area contributed by atoms with Gasteiger partial charge in [0, 0.05) is 0 Å². The lowest BCUT2D eigenvalue weighted by Crippen LogP contribution is -2.05. The molecule has 0 aliphatic carbocycles.